The summed E-state index contributed by atoms with van der Waals surface area (Å²) in [5.41, 5.74) is 0.453. The first-order valence-corrected chi connectivity index (χ1v) is 8.11. The summed E-state index contributed by atoms with van der Waals surface area (Å²) in [5.74, 6) is 0.479. The number of halogens is 1. The third kappa shape index (κ3) is 4.94. The predicted molar refractivity (Wildman–Crippen MR) is 93.2 cm³/mol. The standard InChI is InChI=1S/C18H21ClN2O3/c1-21(2)15(17-8-5-11-24-17)12-20-18(23)10-9-16(22)13-6-3-4-7-14(13)19/h3-8,11,15H,9-10,12H2,1-2H3,(H,20,23). The molecular formula is C18H21ClN2O3. The van der Waals surface area contributed by atoms with Crippen LogP contribution < -0.4 is 5.32 Å². The summed E-state index contributed by atoms with van der Waals surface area (Å²) in [6.45, 7) is 0.416. The average molecular weight is 349 g/mol. The van der Waals surface area contributed by atoms with Gasteiger partial charge in [0.05, 0.1) is 17.3 Å². The van der Waals surface area contributed by atoms with Gasteiger partial charge in [-0.1, -0.05) is 23.7 Å². The number of carbonyl (C=O) groups excluding carboxylic acids is 2. The van der Waals surface area contributed by atoms with Crippen LogP contribution in [0, 0.1) is 0 Å². The van der Waals surface area contributed by atoms with Crippen molar-refractivity contribution in [2.45, 2.75) is 18.9 Å². The van der Waals surface area contributed by atoms with Crippen LogP contribution in [0.3, 0.4) is 0 Å². The Morgan fingerprint density at radius 2 is 1.92 bits per heavy atom. The van der Waals surface area contributed by atoms with E-state index in [1.54, 1.807) is 30.5 Å². The molecule has 0 aliphatic rings. The van der Waals surface area contributed by atoms with Crippen molar-refractivity contribution in [3.05, 3.63) is 59.0 Å². The number of ketones is 1. The van der Waals surface area contributed by atoms with E-state index >= 15 is 0 Å². The summed E-state index contributed by atoms with van der Waals surface area (Å²) < 4.78 is 5.40. The van der Waals surface area contributed by atoms with Crippen molar-refractivity contribution in [2.24, 2.45) is 0 Å². The Hall–Kier alpha value is -2.11. The Morgan fingerprint density at radius 3 is 2.54 bits per heavy atom. The van der Waals surface area contributed by atoms with Crippen LogP contribution in [0.25, 0.3) is 0 Å². The van der Waals surface area contributed by atoms with Crippen molar-refractivity contribution in [3.8, 4) is 0 Å². The summed E-state index contributed by atoms with van der Waals surface area (Å²) in [6, 6.07) is 10.5. The highest BCUT2D eigenvalue weighted by atomic mass is 35.5. The minimum absolute atomic E-state index is 0.0526. The molecule has 0 bridgehead atoms. The number of Topliss-reactive ketones (excluding diaryl/α,β-unsaturated/α-hetero) is 1. The van der Waals surface area contributed by atoms with Crippen molar-refractivity contribution in [1.29, 1.82) is 0 Å². The minimum atomic E-state index is -0.172. The Kier molecular flexibility index (Phi) is 6.58. The van der Waals surface area contributed by atoms with Crippen LogP contribution in [0.2, 0.25) is 5.02 Å². The van der Waals surface area contributed by atoms with Crippen molar-refractivity contribution in [1.82, 2.24) is 10.2 Å². The fourth-order valence-electron chi connectivity index (χ4n) is 2.37. The Bertz CT molecular complexity index is 683. The summed E-state index contributed by atoms with van der Waals surface area (Å²) >= 11 is 5.99. The molecule has 0 fully saturated rings. The minimum Gasteiger partial charge on any atom is -0.468 e. The number of nitrogens with zero attached hydrogens (tertiary/aromatic N) is 1. The molecular weight excluding hydrogens is 328 g/mol. The lowest BCUT2D eigenvalue weighted by molar-refractivity contribution is -0.121. The molecule has 128 valence electrons. The lowest BCUT2D eigenvalue weighted by atomic mass is 10.1. The van der Waals surface area contributed by atoms with Crippen LogP contribution >= 0.6 is 11.6 Å². The Balaban J connectivity index is 1.83. The second kappa shape index (κ2) is 8.66. The molecule has 6 heteroatoms. The fourth-order valence-corrected chi connectivity index (χ4v) is 2.61. The van der Waals surface area contributed by atoms with Crippen LogP contribution in [-0.2, 0) is 4.79 Å². The molecule has 0 aliphatic carbocycles. The molecule has 0 radical (unpaired) electrons. The van der Waals surface area contributed by atoms with Gasteiger partial charge in [0.2, 0.25) is 5.91 Å². The quantitative estimate of drug-likeness (QED) is 0.743. The number of hydrogen-bond donors (Lipinski definition) is 1. The van der Waals surface area contributed by atoms with Crippen molar-refractivity contribution >= 4 is 23.3 Å². The SMILES string of the molecule is CN(C)C(CNC(=O)CCC(=O)c1ccccc1Cl)c1ccco1. The Labute approximate surface area is 146 Å². The molecule has 0 saturated carbocycles. The lowest BCUT2D eigenvalue weighted by Crippen LogP contribution is -2.34. The fraction of sp³-hybridized carbons (Fsp3) is 0.333. The van der Waals surface area contributed by atoms with Crippen molar-refractivity contribution in [3.63, 3.8) is 0 Å². The number of likely N-dealkylation sites (N-methyl/N-ethyl adjacent to an activating group) is 1. The van der Waals surface area contributed by atoms with E-state index in [1.807, 2.05) is 31.1 Å². The molecule has 1 unspecified atom stereocenters. The van der Waals surface area contributed by atoms with Gasteiger partial charge in [-0.15, -0.1) is 0 Å². The topological polar surface area (TPSA) is 62.6 Å². The molecule has 1 heterocycles. The second-order valence-corrected chi connectivity index (χ2v) is 6.11. The molecule has 1 aromatic heterocycles. The number of rotatable bonds is 8. The van der Waals surface area contributed by atoms with Gasteiger partial charge in [-0.3, -0.25) is 14.5 Å². The third-order valence-electron chi connectivity index (χ3n) is 3.74. The number of amides is 1. The molecule has 24 heavy (non-hydrogen) atoms. The van der Waals surface area contributed by atoms with E-state index in [4.69, 9.17) is 16.0 Å². The van der Waals surface area contributed by atoms with Gasteiger partial charge in [-0.05, 0) is 38.4 Å². The number of benzene rings is 1. The maximum absolute atomic E-state index is 12.1. The summed E-state index contributed by atoms with van der Waals surface area (Å²) in [5, 5.41) is 3.26. The van der Waals surface area contributed by atoms with Gasteiger partial charge < -0.3 is 9.73 Å². The molecule has 5 nitrogen and oxygen atoms in total. The zero-order chi connectivity index (χ0) is 17.5. The van der Waals surface area contributed by atoms with Gasteiger partial charge in [0, 0.05) is 24.9 Å². The second-order valence-electron chi connectivity index (χ2n) is 5.70. The van der Waals surface area contributed by atoms with Crippen LogP contribution in [0.5, 0.6) is 0 Å². The van der Waals surface area contributed by atoms with E-state index in [9.17, 15) is 9.59 Å². The largest absolute Gasteiger partial charge is 0.468 e. The third-order valence-corrected chi connectivity index (χ3v) is 4.07. The van der Waals surface area contributed by atoms with E-state index in [0.717, 1.165) is 5.76 Å². The highest BCUT2D eigenvalue weighted by Crippen LogP contribution is 2.18. The van der Waals surface area contributed by atoms with Gasteiger partial charge in [0.1, 0.15) is 5.76 Å². The molecule has 0 spiro atoms. The first kappa shape index (κ1) is 18.2. The average Bonchev–Trinajstić information content (AvgIpc) is 3.07. The van der Waals surface area contributed by atoms with E-state index < -0.39 is 0 Å². The van der Waals surface area contributed by atoms with Crippen LogP contribution in [0.4, 0.5) is 0 Å². The lowest BCUT2D eigenvalue weighted by Gasteiger charge is -2.22. The smallest absolute Gasteiger partial charge is 0.220 e. The summed E-state index contributed by atoms with van der Waals surface area (Å²) in [6.07, 6.45) is 1.86. The number of hydrogen-bond acceptors (Lipinski definition) is 4. The monoisotopic (exact) mass is 348 g/mol. The number of furan rings is 1. The van der Waals surface area contributed by atoms with Gasteiger partial charge >= 0.3 is 0 Å². The van der Waals surface area contributed by atoms with Gasteiger partial charge in [-0.25, -0.2) is 0 Å². The van der Waals surface area contributed by atoms with Gasteiger partial charge in [-0.2, -0.15) is 0 Å². The van der Waals surface area contributed by atoms with E-state index in [0.29, 0.717) is 17.1 Å². The van der Waals surface area contributed by atoms with Crippen LogP contribution in [-0.4, -0.2) is 37.2 Å². The molecule has 0 saturated heterocycles. The first-order chi connectivity index (χ1) is 11.5. The normalized spacial score (nSPS) is 12.2. The molecule has 1 amide bonds. The number of carbonyl (C=O) groups is 2. The molecule has 0 aliphatic heterocycles. The number of nitrogens with one attached hydrogen (secondary N) is 1. The highest BCUT2D eigenvalue weighted by Gasteiger charge is 2.18. The summed E-state index contributed by atoms with van der Waals surface area (Å²) in [4.78, 5) is 26.1. The van der Waals surface area contributed by atoms with Crippen LogP contribution in [0.1, 0.15) is 35.0 Å². The molecule has 2 rings (SSSR count). The highest BCUT2D eigenvalue weighted by molar-refractivity contribution is 6.34. The van der Waals surface area contributed by atoms with E-state index in [2.05, 4.69) is 5.32 Å². The van der Waals surface area contributed by atoms with Crippen molar-refractivity contribution in [2.75, 3.05) is 20.6 Å². The van der Waals surface area contributed by atoms with E-state index in [-0.39, 0.29) is 30.6 Å². The molecule has 2 aromatic rings. The summed E-state index contributed by atoms with van der Waals surface area (Å²) in [7, 11) is 3.83. The molecule has 1 N–H and O–H groups in total. The zero-order valence-electron chi connectivity index (χ0n) is 13.8. The molecule has 1 atom stereocenters. The van der Waals surface area contributed by atoms with E-state index in [1.165, 1.54) is 0 Å². The van der Waals surface area contributed by atoms with Crippen molar-refractivity contribution < 1.29 is 14.0 Å². The molecule has 1 aromatic carbocycles. The maximum Gasteiger partial charge on any atom is 0.220 e. The Morgan fingerprint density at radius 1 is 1.17 bits per heavy atom. The predicted octanol–water partition coefficient (Wildman–Crippen LogP) is 3.32. The zero-order valence-corrected chi connectivity index (χ0v) is 14.5. The van der Waals surface area contributed by atoms with Gasteiger partial charge in [0.25, 0.3) is 0 Å². The van der Waals surface area contributed by atoms with Crippen LogP contribution in [0.15, 0.2) is 47.1 Å². The maximum atomic E-state index is 12.1. The first-order valence-electron chi connectivity index (χ1n) is 7.73. The van der Waals surface area contributed by atoms with Gasteiger partial charge in [0.15, 0.2) is 5.78 Å².